The zero-order valence-corrected chi connectivity index (χ0v) is 15.4. The Morgan fingerprint density at radius 1 is 1.19 bits per heavy atom. The maximum absolute atomic E-state index is 12.2. The van der Waals surface area contributed by atoms with Crippen molar-refractivity contribution in [2.24, 2.45) is 4.99 Å². The summed E-state index contributed by atoms with van der Waals surface area (Å²) in [7, 11) is 3.67. The zero-order valence-electron chi connectivity index (χ0n) is 15.4. The predicted molar refractivity (Wildman–Crippen MR) is 105 cm³/mol. The number of hydrogen-bond donors (Lipinski definition) is 1. The van der Waals surface area contributed by atoms with E-state index < -0.39 is 0 Å². The van der Waals surface area contributed by atoms with Gasteiger partial charge in [-0.15, -0.1) is 0 Å². The number of ether oxygens (including phenoxy) is 1. The number of aromatic amines is 1. The van der Waals surface area contributed by atoms with Crippen molar-refractivity contribution in [1.82, 2.24) is 24.8 Å². The first-order chi connectivity index (χ1) is 13.1. The van der Waals surface area contributed by atoms with Crippen LogP contribution >= 0.6 is 0 Å². The molecule has 0 amide bonds. The van der Waals surface area contributed by atoms with Crippen LogP contribution in [0.2, 0.25) is 0 Å². The Bertz CT molecular complexity index is 1040. The van der Waals surface area contributed by atoms with Crippen molar-refractivity contribution in [1.29, 1.82) is 0 Å². The Balaban J connectivity index is 2.07. The quantitative estimate of drug-likeness (QED) is 0.533. The Morgan fingerprint density at radius 2 is 1.96 bits per heavy atom. The molecule has 0 saturated heterocycles. The van der Waals surface area contributed by atoms with E-state index in [1.165, 1.54) is 0 Å². The average molecular weight is 364 g/mol. The van der Waals surface area contributed by atoms with Crippen molar-refractivity contribution in [2.45, 2.75) is 13.5 Å². The number of fused-ring (bicyclic) bond motifs is 1. The summed E-state index contributed by atoms with van der Waals surface area (Å²) in [5.74, 6) is 0.437. The molecule has 0 aliphatic rings. The minimum absolute atomic E-state index is 0.176. The molecule has 138 valence electrons. The Morgan fingerprint density at radius 3 is 2.67 bits per heavy atom. The molecule has 2 aromatic heterocycles. The maximum Gasteiger partial charge on any atom is 0.275 e. The number of nitrogens with zero attached hydrogens (tertiary/aromatic N) is 5. The third kappa shape index (κ3) is 4.55. The molecule has 0 bridgehead atoms. The van der Waals surface area contributed by atoms with Crippen LogP contribution in [-0.4, -0.2) is 45.3 Å². The van der Waals surface area contributed by atoms with Crippen LogP contribution < -0.4 is 10.3 Å². The molecule has 3 rings (SSSR count). The lowest BCUT2D eigenvalue weighted by molar-refractivity contribution is 0.297. The molecule has 0 unspecified atom stereocenters. The molecule has 8 heteroatoms. The highest BCUT2D eigenvalue weighted by molar-refractivity contribution is 5.77. The smallest absolute Gasteiger partial charge is 0.275 e. The van der Waals surface area contributed by atoms with Gasteiger partial charge in [-0.3, -0.25) is 4.79 Å². The standard InChI is InChI=1S/C19H20N6O2/c1-4-8-14-17(26)22-16-15(21-14)18(24-19(23-16)20-12-25(2)3)27-11-13-9-6-5-7-10-13/h4-10,12H,11H2,1-3H3,(H,22,23,24,26)/b8-4+,20-12+. The number of rotatable bonds is 6. The summed E-state index contributed by atoms with van der Waals surface area (Å²) in [4.78, 5) is 33.8. The van der Waals surface area contributed by atoms with E-state index >= 15 is 0 Å². The molecule has 8 nitrogen and oxygen atoms in total. The second-order valence-corrected chi connectivity index (χ2v) is 5.96. The lowest BCUT2D eigenvalue weighted by Crippen LogP contribution is -2.14. The van der Waals surface area contributed by atoms with E-state index in [0.29, 0.717) is 12.1 Å². The summed E-state index contributed by atoms with van der Waals surface area (Å²) < 4.78 is 5.88. The normalized spacial score (nSPS) is 11.5. The third-order valence-electron chi connectivity index (χ3n) is 3.48. The molecule has 27 heavy (non-hydrogen) atoms. The lowest BCUT2D eigenvalue weighted by atomic mass is 10.2. The van der Waals surface area contributed by atoms with E-state index in [4.69, 9.17) is 4.74 Å². The summed E-state index contributed by atoms with van der Waals surface area (Å²) in [6.07, 6.45) is 4.93. The second kappa shape index (κ2) is 8.22. The minimum Gasteiger partial charge on any atom is -0.471 e. The van der Waals surface area contributed by atoms with Crippen molar-refractivity contribution in [3.63, 3.8) is 0 Å². The highest BCUT2D eigenvalue weighted by Gasteiger charge is 2.13. The van der Waals surface area contributed by atoms with Gasteiger partial charge in [-0.2, -0.15) is 9.97 Å². The van der Waals surface area contributed by atoms with Gasteiger partial charge < -0.3 is 14.6 Å². The SMILES string of the molecule is C/C=C/c1nc2c(OCc3ccccc3)nc(/N=C/N(C)C)nc2[nH]c1=O. The van der Waals surface area contributed by atoms with Gasteiger partial charge in [0.1, 0.15) is 12.3 Å². The largest absolute Gasteiger partial charge is 0.471 e. The highest BCUT2D eigenvalue weighted by Crippen LogP contribution is 2.22. The van der Waals surface area contributed by atoms with E-state index in [2.05, 4.69) is 24.9 Å². The predicted octanol–water partition coefficient (Wildman–Crippen LogP) is 2.55. The first-order valence-electron chi connectivity index (χ1n) is 8.39. The van der Waals surface area contributed by atoms with Gasteiger partial charge in [-0.1, -0.05) is 36.4 Å². The topological polar surface area (TPSA) is 96.4 Å². The van der Waals surface area contributed by atoms with Gasteiger partial charge in [0.15, 0.2) is 11.2 Å². The van der Waals surface area contributed by atoms with Crippen LogP contribution in [0.15, 0.2) is 46.2 Å². The van der Waals surface area contributed by atoms with Crippen molar-refractivity contribution >= 4 is 29.5 Å². The van der Waals surface area contributed by atoms with Crippen LogP contribution in [0.25, 0.3) is 17.2 Å². The van der Waals surface area contributed by atoms with Crippen molar-refractivity contribution < 1.29 is 4.74 Å². The molecule has 0 aliphatic carbocycles. The molecule has 0 saturated carbocycles. The number of H-pyrrole nitrogens is 1. The van der Waals surface area contributed by atoms with Crippen LogP contribution in [0.3, 0.4) is 0 Å². The summed E-state index contributed by atoms with van der Waals surface area (Å²) >= 11 is 0. The molecular formula is C19H20N6O2. The fourth-order valence-corrected chi connectivity index (χ4v) is 2.28. The number of allylic oxidation sites excluding steroid dienone is 1. The van der Waals surface area contributed by atoms with Gasteiger partial charge in [0.25, 0.3) is 11.5 Å². The number of aliphatic imine (C=N–C) groups is 1. The maximum atomic E-state index is 12.2. The van der Waals surface area contributed by atoms with Crippen LogP contribution in [0.5, 0.6) is 5.88 Å². The van der Waals surface area contributed by atoms with E-state index in [0.717, 1.165) is 5.56 Å². The zero-order chi connectivity index (χ0) is 19.2. The Labute approximate surface area is 156 Å². The monoisotopic (exact) mass is 364 g/mol. The molecular weight excluding hydrogens is 344 g/mol. The third-order valence-corrected chi connectivity index (χ3v) is 3.48. The van der Waals surface area contributed by atoms with E-state index in [9.17, 15) is 4.79 Å². The molecule has 0 spiro atoms. The number of nitrogens with one attached hydrogen (secondary N) is 1. The fraction of sp³-hybridized carbons (Fsp3) is 0.211. The molecule has 0 fully saturated rings. The van der Waals surface area contributed by atoms with Crippen molar-refractivity contribution in [3.8, 4) is 5.88 Å². The Hall–Kier alpha value is -3.55. The van der Waals surface area contributed by atoms with E-state index in [1.807, 2.05) is 51.4 Å². The summed E-state index contributed by atoms with van der Waals surface area (Å²) in [5, 5.41) is 0. The van der Waals surface area contributed by atoms with Gasteiger partial charge in [0, 0.05) is 14.1 Å². The molecule has 3 aromatic rings. The second-order valence-electron chi connectivity index (χ2n) is 5.96. The lowest BCUT2D eigenvalue weighted by Gasteiger charge is -2.09. The summed E-state index contributed by atoms with van der Waals surface area (Å²) in [5.41, 5.74) is 1.57. The Kier molecular flexibility index (Phi) is 5.55. The summed E-state index contributed by atoms with van der Waals surface area (Å²) in [6, 6.07) is 9.71. The first kappa shape index (κ1) is 18.2. The van der Waals surface area contributed by atoms with E-state index in [-0.39, 0.29) is 28.7 Å². The van der Waals surface area contributed by atoms with Gasteiger partial charge in [-0.05, 0) is 18.6 Å². The fourth-order valence-electron chi connectivity index (χ4n) is 2.28. The van der Waals surface area contributed by atoms with Gasteiger partial charge >= 0.3 is 0 Å². The van der Waals surface area contributed by atoms with Crippen LogP contribution in [0.4, 0.5) is 5.95 Å². The molecule has 2 heterocycles. The van der Waals surface area contributed by atoms with Crippen molar-refractivity contribution in [2.75, 3.05) is 14.1 Å². The molecule has 0 aliphatic heterocycles. The van der Waals surface area contributed by atoms with Gasteiger partial charge in [0.2, 0.25) is 5.88 Å². The molecule has 1 N–H and O–H groups in total. The van der Waals surface area contributed by atoms with Crippen molar-refractivity contribution in [3.05, 3.63) is 58.0 Å². The highest BCUT2D eigenvalue weighted by atomic mass is 16.5. The average Bonchev–Trinajstić information content (AvgIpc) is 2.66. The van der Waals surface area contributed by atoms with Gasteiger partial charge in [0.05, 0.1) is 6.34 Å². The number of benzene rings is 1. The molecule has 0 atom stereocenters. The molecule has 0 radical (unpaired) electrons. The summed E-state index contributed by atoms with van der Waals surface area (Å²) in [6.45, 7) is 2.12. The van der Waals surface area contributed by atoms with Crippen LogP contribution in [0, 0.1) is 0 Å². The minimum atomic E-state index is -0.337. The van der Waals surface area contributed by atoms with Crippen LogP contribution in [-0.2, 0) is 6.61 Å². The number of hydrogen-bond acceptors (Lipinski definition) is 6. The molecule has 1 aromatic carbocycles. The van der Waals surface area contributed by atoms with E-state index in [1.54, 1.807) is 23.4 Å². The van der Waals surface area contributed by atoms with Gasteiger partial charge in [-0.25, -0.2) is 9.98 Å². The first-order valence-corrected chi connectivity index (χ1v) is 8.39. The van der Waals surface area contributed by atoms with Crippen LogP contribution in [0.1, 0.15) is 18.2 Å². The number of aromatic nitrogens is 4.